The van der Waals surface area contributed by atoms with Crippen LogP contribution in [0.3, 0.4) is 0 Å². The number of thiophene rings is 1. The molecule has 0 aliphatic carbocycles. The summed E-state index contributed by atoms with van der Waals surface area (Å²) >= 11 is 1.58. The standard InChI is InChI=1S/C43H45N5O6S/c44-36(22-21-35-12-7-25-55-35)41(51)47-38(28-30-13-17-33(18-14-30)32-10-5-2-6-11-32)43(53)48-39(27-29-8-3-1-4-9-29)42(52)46-37(40(45)50)26-31-15-19-34(20-16-31)54-24-23-49/h1-20,23,25,36-39H,21-22,24,26-28,44H2,(H2,45,50)(H,46,52)(H,47,51)(H,48,53)/t36-,37-,38+,39-/m0/s1. The van der Waals surface area contributed by atoms with Gasteiger partial charge in [0.2, 0.25) is 23.6 Å². The van der Waals surface area contributed by atoms with E-state index in [1.165, 1.54) is 0 Å². The molecule has 5 aromatic rings. The third-order valence-corrected chi connectivity index (χ3v) is 9.95. The van der Waals surface area contributed by atoms with Gasteiger partial charge >= 0.3 is 0 Å². The lowest BCUT2D eigenvalue weighted by Crippen LogP contribution is -2.58. The van der Waals surface area contributed by atoms with Crippen LogP contribution in [0.25, 0.3) is 11.1 Å². The minimum atomic E-state index is -1.14. The average molecular weight is 760 g/mol. The third kappa shape index (κ3) is 12.5. The van der Waals surface area contributed by atoms with E-state index >= 15 is 0 Å². The predicted octanol–water partition coefficient (Wildman–Crippen LogP) is 3.92. The molecular formula is C43H45N5O6S. The van der Waals surface area contributed by atoms with Crippen LogP contribution in [-0.2, 0) is 49.7 Å². The summed E-state index contributed by atoms with van der Waals surface area (Å²) in [6, 6.07) is 33.1. The molecule has 12 heteroatoms. The van der Waals surface area contributed by atoms with E-state index in [-0.39, 0.29) is 25.9 Å². The first-order valence-corrected chi connectivity index (χ1v) is 18.9. The number of aryl methyl sites for hydroxylation is 1. The Morgan fingerprint density at radius 3 is 1.69 bits per heavy atom. The van der Waals surface area contributed by atoms with Crippen molar-refractivity contribution in [1.82, 2.24) is 16.0 Å². The van der Waals surface area contributed by atoms with Gasteiger partial charge in [-0.2, -0.15) is 0 Å². The lowest BCUT2D eigenvalue weighted by molar-refractivity contribution is -0.133. The second-order valence-electron chi connectivity index (χ2n) is 13.1. The summed E-state index contributed by atoms with van der Waals surface area (Å²) in [5.74, 6) is -2.00. The summed E-state index contributed by atoms with van der Waals surface area (Å²) in [6.07, 6.45) is 1.93. The number of carbonyl (C=O) groups is 5. The number of benzene rings is 4. The van der Waals surface area contributed by atoms with E-state index < -0.39 is 47.8 Å². The van der Waals surface area contributed by atoms with Crippen molar-refractivity contribution in [2.45, 2.75) is 56.3 Å². The molecule has 284 valence electrons. The molecule has 4 amide bonds. The largest absolute Gasteiger partial charge is 0.486 e. The van der Waals surface area contributed by atoms with E-state index in [9.17, 15) is 24.0 Å². The normalized spacial score (nSPS) is 13.0. The number of hydrogen-bond acceptors (Lipinski definition) is 8. The van der Waals surface area contributed by atoms with Crippen LogP contribution in [0, 0.1) is 0 Å². The van der Waals surface area contributed by atoms with Gasteiger partial charge in [-0.3, -0.25) is 24.0 Å². The van der Waals surface area contributed by atoms with Crippen LogP contribution in [0.1, 0.15) is 28.0 Å². The predicted molar refractivity (Wildman–Crippen MR) is 213 cm³/mol. The number of nitrogens with two attached hydrogens (primary N) is 2. The smallest absolute Gasteiger partial charge is 0.243 e. The molecule has 0 unspecified atom stereocenters. The van der Waals surface area contributed by atoms with Gasteiger partial charge < -0.3 is 32.2 Å². The fourth-order valence-electron chi connectivity index (χ4n) is 5.99. The van der Waals surface area contributed by atoms with Crippen molar-refractivity contribution < 1.29 is 28.7 Å². The Kier molecular flexibility index (Phi) is 14.8. The van der Waals surface area contributed by atoms with Crippen molar-refractivity contribution in [2.24, 2.45) is 11.5 Å². The van der Waals surface area contributed by atoms with Crippen molar-refractivity contribution in [1.29, 1.82) is 0 Å². The van der Waals surface area contributed by atoms with E-state index in [0.717, 1.165) is 27.1 Å². The van der Waals surface area contributed by atoms with Crippen molar-refractivity contribution in [2.75, 3.05) is 6.61 Å². The molecule has 4 aromatic carbocycles. The molecule has 7 N–H and O–H groups in total. The van der Waals surface area contributed by atoms with E-state index in [1.807, 2.05) is 102 Å². The highest BCUT2D eigenvalue weighted by atomic mass is 32.1. The van der Waals surface area contributed by atoms with Gasteiger partial charge in [-0.1, -0.05) is 103 Å². The van der Waals surface area contributed by atoms with Crippen LogP contribution in [0.15, 0.2) is 127 Å². The SMILES string of the molecule is NC(=O)[C@H](Cc1ccc(OCC=O)cc1)NC(=O)[C@H](Cc1ccccc1)NC(=O)[C@@H](Cc1ccc(-c2ccccc2)cc1)NC(=O)[C@@H](N)CCc1cccs1. The summed E-state index contributed by atoms with van der Waals surface area (Å²) in [4.78, 5) is 65.9. The van der Waals surface area contributed by atoms with Crippen LogP contribution in [-0.4, -0.2) is 60.7 Å². The highest BCUT2D eigenvalue weighted by Gasteiger charge is 2.30. The number of primary amides is 1. The van der Waals surface area contributed by atoms with Crippen LogP contribution < -0.4 is 32.2 Å². The third-order valence-electron chi connectivity index (χ3n) is 9.01. The van der Waals surface area contributed by atoms with E-state index in [1.54, 1.807) is 35.6 Å². The molecule has 55 heavy (non-hydrogen) atoms. The Balaban J connectivity index is 1.34. The Bertz CT molecular complexity index is 1990. The molecule has 0 aliphatic heterocycles. The number of hydrogen-bond donors (Lipinski definition) is 5. The molecule has 5 rings (SSSR count). The minimum Gasteiger partial charge on any atom is -0.486 e. The summed E-state index contributed by atoms with van der Waals surface area (Å²) in [5, 5.41) is 10.4. The number of ether oxygens (including phenoxy) is 1. The van der Waals surface area contributed by atoms with Gasteiger partial charge in [0.1, 0.15) is 30.5 Å². The molecule has 0 bridgehead atoms. The van der Waals surface area contributed by atoms with Gasteiger partial charge in [0.05, 0.1) is 6.04 Å². The molecule has 0 saturated carbocycles. The lowest BCUT2D eigenvalue weighted by atomic mass is 9.99. The molecule has 4 atom stereocenters. The Morgan fingerprint density at radius 1 is 0.618 bits per heavy atom. The van der Waals surface area contributed by atoms with Gasteiger partial charge in [0, 0.05) is 24.1 Å². The highest BCUT2D eigenvalue weighted by molar-refractivity contribution is 7.09. The molecule has 0 fully saturated rings. The van der Waals surface area contributed by atoms with E-state index in [4.69, 9.17) is 16.2 Å². The van der Waals surface area contributed by atoms with Crippen molar-refractivity contribution in [3.8, 4) is 16.9 Å². The molecule has 0 aliphatic rings. The molecule has 0 saturated heterocycles. The van der Waals surface area contributed by atoms with Crippen molar-refractivity contribution in [3.05, 3.63) is 148 Å². The second kappa shape index (κ2) is 20.4. The van der Waals surface area contributed by atoms with Gasteiger partial charge in [0.15, 0.2) is 6.29 Å². The molecule has 0 spiro atoms. The van der Waals surface area contributed by atoms with Crippen molar-refractivity contribution in [3.63, 3.8) is 0 Å². The molecule has 11 nitrogen and oxygen atoms in total. The zero-order valence-electron chi connectivity index (χ0n) is 30.3. The van der Waals surface area contributed by atoms with Gasteiger partial charge in [-0.15, -0.1) is 11.3 Å². The number of amides is 4. The quantitative estimate of drug-likeness (QED) is 0.0746. The van der Waals surface area contributed by atoms with Crippen LogP contribution in [0.2, 0.25) is 0 Å². The number of nitrogens with one attached hydrogen (secondary N) is 3. The molecule has 1 aromatic heterocycles. The summed E-state index contributed by atoms with van der Waals surface area (Å²) in [5.41, 5.74) is 16.3. The van der Waals surface area contributed by atoms with Crippen molar-refractivity contribution >= 4 is 41.3 Å². The van der Waals surface area contributed by atoms with Crippen LogP contribution >= 0.6 is 11.3 Å². The molecule has 0 radical (unpaired) electrons. The first kappa shape index (κ1) is 40.1. The maximum Gasteiger partial charge on any atom is 0.243 e. The van der Waals surface area contributed by atoms with Gasteiger partial charge in [-0.25, -0.2) is 0 Å². The summed E-state index contributed by atoms with van der Waals surface area (Å²) in [6.45, 7) is -0.0959. The lowest BCUT2D eigenvalue weighted by Gasteiger charge is -2.26. The fraction of sp³-hybridized carbons (Fsp3) is 0.233. The Hall–Kier alpha value is -6.11. The summed E-state index contributed by atoms with van der Waals surface area (Å²) < 4.78 is 5.29. The average Bonchev–Trinajstić information content (AvgIpc) is 3.73. The maximum absolute atomic E-state index is 14.2. The second-order valence-corrected chi connectivity index (χ2v) is 14.1. The summed E-state index contributed by atoms with van der Waals surface area (Å²) in [7, 11) is 0. The van der Waals surface area contributed by atoms with E-state index in [2.05, 4.69) is 16.0 Å². The maximum atomic E-state index is 14.2. The Labute approximate surface area is 324 Å². The van der Waals surface area contributed by atoms with Gasteiger partial charge in [0.25, 0.3) is 0 Å². The Morgan fingerprint density at radius 2 is 1.13 bits per heavy atom. The van der Waals surface area contributed by atoms with Crippen LogP contribution in [0.4, 0.5) is 0 Å². The fourth-order valence-corrected chi connectivity index (χ4v) is 6.71. The van der Waals surface area contributed by atoms with E-state index in [0.29, 0.717) is 30.4 Å². The number of aldehydes is 1. The zero-order valence-corrected chi connectivity index (χ0v) is 31.1. The highest BCUT2D eigenvalue weighted by Crippen LogP contribution is 2.20. The zero-order chi connectivity index (χ0) is 39.0. The first-order chi connectivity index (χ1) is 26.7. The monoisotopic (exact) mass is 759 g/mol. The topological polar surface area (TPSA) is 183 Å². The first-order valence-electron chi connectivity index (χ1n) is 18.0. The minimum absolute atomic E-state index is 0.0715. The van der Waals surface area contributed by atoms with Crippen LogP contribution in [0.5, 0.6) is 5.75 Å². The number of rotatable bonds is 20. The van der Waals surface area contributed by atoms with Gasteiger partial charge in [-0.05, 0) is 64.2 Å². The molecular weight excluding hydrogens is 715 g/mol. The molecule has 1 heterocycles. The number of carbonyl (C=O) groups excluding carboxylic acids is 5.